The maximum Gasteiger partial charge on any atom is 0.283 e. The standard InChI is InChI=1S/C13H11FN2O3/c14-10-6-4-9(5-7-10)8-15-13(18)11-2-1-3-12(17)16(11)19/h1-7,19H,8H2,(H,15,18). The number of nitrogens with zero attached hydrogens (tertiary/aromatic N) is 1. The number of amides is 1. The highest BCUT2D eigenvalue weighted by Gasteiger charge is 2.10. The summed E-state index contributed by atoms with van der Waals surface area (Å²) in [6.07, 6.45) is 0. The van der Waals surface area contributed by atoms with Crippen LogP contribution in [0, 0.1) is 5.82 Å². The van der Waals surface area contributed by atoms with E-state index in [4.69, 9.17) is 0 Å². The summed E-state index contributed by atoms with van der Waals surface area (Å²) in [7, 11) is 0. The highest BCUT2D eigenvalue weighted by molar-refractivity contribution is 5.92. The van der Waals surface area contributed by atoms with Crippen LogP contribution in [0.4, 0.5) is 4.39 Å². The molecule has 0 atom stereocenters. The SMILES string of the molecule is O=C(NCc1ccc(F)cc1)c1cccc(=O)n1O. The molecule has 0 fully saturated rings. The molecule has 0 aliphatic rings. The average Bonchev–Trinajstić information content (AvgIpc) is 2.41. The van der Waals surface area contributed by atoms with Crippen molar-refractivity contribution >= 4 is 5.91 Å². The first kappa shape index (κ1) is 12.8. The second kappa shape index (κ2) is 5.34. The Hall–Kier alpha value is -2.63. The van der Waals surface area contributed by atoms with Crippen LogP contribution >= 0.6 is 0 Å². The highest BCUT2D eigenvalue weighted by atomic mass is 19.1. The molecule has 2 aromatic rings. The lowest BCUT2D eigenvalue weighted by molar-refractivity contribution is 0.0889. The summed E-state index contributed by atoms with van der Waals surface area (Å²) >= 11 is 0. The van der Waals surface area contributed by atoms with E-state index >= 15 is 0 Å². The third-order valence-corrected chi connectivity index (χ3v) is 2.53. The maximum atomic E-state index is 12.7. The minimum atomic E-state index is -0.686. The number of hydrogen-bond acceptors (Lipinski definition) is 3. The molecule has 0 bridgehead atoms. The summed E-state index contributed by atoms with van der Waals surface area (Å²) in [5.74, 6) is -0.952. The lowest BCUT2D eigenvalue weighted by Crippen LogP contribution is -2.30. The molecule has 1 aromatic heterocycles. The van der Waals surface area contributed by atoms with Crippen LogP contribution in [0.25, 0.3) is 0 Å². The second-order valence-electron chi connectivity index (χ2n) is 3.87. The molecule has 6 heteroatoms. The molecule has 2 rings (SSSR count). The van der Waals surface area contributed by atoms with E-state index in [1.807, 2.05) is 0 Å². The van der Waals surface area contributed by atoms with Gasteiger partial charge >= 0.3 is 0 Å². The van der Waals surface area contributed by atoms with E-state index in [0.717, 1.165) is 6.07 Å². The lowest BCUT2D eigenvalue weighted by atomic mass is 10.2. The molecular formula is C13H11FN2O3. The monoisotopic (exact) mass is 262 g/mol. The first-order valence-corrected chi connectivity index (χ1v) is 5.52. The highest BCUT2D eigenvalue weighted by Crippen LogP contribution is 2.03. The van der Waals surface area contributed by atoms with Crippen LogP contribution in [-0.2, 0) is 6.54 Å². The van der Waals surface area contributed by atoms with Crippen LogP contribution in [0.2, 0.25) is 0 Å². The van der Waals surface area contributed by atoms with Gasteiger partial charge in [0.2, 0.25) is 0 Å². The molecule has 98 valence electrons. The fourth-order valence-electron chi connectivity index (χ4n) is 1.53. The van der Waals surface area contributed by atoms with Crippen molar-refractivity contribution in [1.82, 2.24) is 10.0 Å². The number of nitrogens with one attached hydrogen (secondary N) is 1. The third-order valence-electron chi connectivity index (χ3n) is 2.53. The number of rotatable bonds is 3. The molecule has 0 aliphatic heterocycles. The van der Waals surface area contributed by atoms with Crippen LogP contribution in [0.1, 0.15) is 16.1 Å². The van der Waals surface area contributed by atoms with Gasteiger partial charge < -0.3 is 10.5 Å². The maximum absolute atomic E-state index is 12.7. The number of carbonyl (C=O) groups is 1. The van der Waals surface area contributed by atoms with Gasteiger partial charge in [-0.3, -0.25) is 9.59 Å². The first-order chi connectivity index (χ1) is 9.08. The van der Waals surface area contributed by atoms with Gasteiger partial charge in [0.15, 0.2) is 0 Å². The van der Waals surface area contributed by atoms with E-state index in [1.165, 1.54) is 36.4 Å². The Morgan fingerprint density at radius 2 is 1.89 bits per heavy atom. The van der Waals surface area contributed by atoms with Crippen molar-refractivity contribution < 1.29 is 14.4 Å². The van der Waals surface area contributed by atoms with Crippen molar-refractivity contribution in [3.8, 4) is 0 Å². The molecule has 0 aliphatic carbocycles. The molecule has 1 amide bonds. The molecule has 2 N–H and O–H groups in total. The smallest absolute Gasteiger partial charge is 0.283 e. The van der Waals surface area contributed by atoms with Gasteiger partial charge in [-0.2, -0.15) is 0 Å². The van der Waals surface area contributed by atoms with Crippen molar-refractivity contribution in [2.75, 3.05) is 0 Å². The van der Waals surface area contributed by atoms with Gasteiger partial charge in [0.1, 0.15) is 11.5 Å². The zero-order chi connectivity index (χ0) is 13.8. The predicted octanol–water partition coefficient (Wildman–Crippen LogP) is 1.15. The largest absolute Gasteiger partial charge is 0.425 e. The van der Waals surface area contributed by atoms with Gasteiger partial charge in [-0.25, -0.2) is 4.39 Å². The van der Waals surface area contributed by atoms with Gasteiger partial charge in [0, 0.05) is 12.6 Å². The molecule has 19 heavy (non-hydrogen) atoms. The summed E-state index contributed by atoms with van der Waals surface area (Å²) in [6, 6.07) is 9.47. The molecule has 0 radical (unpaired) electrons. The Labute approximate surface area is 107 Å². The van der Waals surface area contributed by atoms with Crippen molar-refractivity contribution in [3.05, 3.63) is 69.9 Å². The van der Waals surface area contributed by atoms with Crippen molar-refractivity contribution in [1.29, 1.82) is 0 Å². The normalized spacial score (nSPS) is 10.2. The van der Waals surface area contributed by atoms with Crippen LogP contribution in [0.15, 0.2) is 47.3 Å². The molecule has 0 saturated heterocycles. The number of benzene rings is 1. The number of aromatic nitrogens is 1. The molecule has 0 spiro atoms. The first-order valence-electron chi connectivity index (χ1n) is 5.52. The minimum Gasteiger partial charge on any atom is -0.425 e. The van der Waals surface area contributed by atoms with E-state index < -0.39 is 11.5 Å². The molecule has 1 aromatic carbocycles. The number of halogens is 1. The molecule has 5 nitrogen and oxygen atoms in total. The van der Waals surface area contributed by atoms with Gasteiger partial charge in [0.25, 0.3) is 11.5 Å². The molecule has 1 heterocycles. The van der Waals surface area contributed by atoms with Crippen molar-refractivity contribution in [2.24, 2.45) is 0 Å². The van der Waals surface area contributed by atoms with Crippen LogP contribution < -0.4 is 10.9 Å². The summed E-state index contributed by atoms with van der Waals surface area (Å²) < 4.78 is 13.0. The van der Waals surface area contributed by atoms with Gasteiger partial charge in [0.05, 0.1) is 0 Å². The summed E-state index contributed by atoms with van der Waals surface area (Å²) in [5, 5.41) is 11.9. The van der Waals surface area contributed by atoms with Crippen LogP contribution in [-0.4, -0.2) is 15.8 Å². The topological polar surface area (TPSA) is 71.3 Å². The fraction of sp³-hybridized carbons (Fsp3) is 0.0769. The Balaban J connectivity index is 2.07. The van der Waals surface area contributed by atoms with Gasteiger partial charge in [-0.15, -0.1) is 4.73 Å². The molecule has 0 unspecified atom stereocenters. The van der Waals surface area contributed by atoms with Gasteiger partial charge in [-0.05, 0) is 23.8 Å². The van der Waals surface area contributed by atoms with E-state index in [1.54, 1.807) is 0 Å². The van der Waals surface area contributed by atoms with E-state index in [-0.39, 0.29) is 22.8 Å². The van der Waals surface area contributed by atoms with Crippen LogP contribution in [0.3, 0.4) is 0 Å². The van der Waals surface area contributed by atoms with E-state index in [2.05, 4.69) is 5.32 Å². The minimum absolute atomic E-state index is 0.158. The Morgan fingerprint density at radius 3 is 2.58 bits per heavy atom. The third kappa shape index (κ3) is 2.98. The van der Waals surface area contributed by atoms with Crippen molar-refractivity contribution in [2.45, 2.75) is 6.54 Å². The van der Waals surface area contributed by atoms with Crippen molar-refractivity contribution in [3.63, 3.8) is 0 Å². The summed E-state index contributed by atoms with van der Waals surface area (Å²) in [4.78, 5) is 22.9. The molecular weight excluding hydrogens is 251 g/mol. The zero-order valence-electron chi connectivity index (χ0n) is 9.84. The number of pyridine rings is 1. The molecule has 0 saturated carbocycles. The number of hydrogen-bond donors (Lipinski definition) is 2. The lowest BCUT2D eigenvalue weighted by Gasteiger charge is -2.07. The second-order valence-corrected chi connectivity index (χ2v) is 3.87. The van der Waals surface area contributed by atoms with E-state index in [0.29, 0.717) is 5.56 Å². The average molecular weight is 262 g/mol. The Kier molecular flexibility index (Phi) is 3.61. The number of carbonyl (C=O) groups excluding carboxylic acids is 1. The predicted molar refractivity (Wildman–Crippen MR) is 65.5 cm³/mol. The summed E-state index contributed by atoms with van der Waals surface area (Å²) in [6.45, 7) is 0.169. The Bertz CT molecular complexity index is 650. The van der Waals surface area contributed by atoms with Gasteiger partial charge in [-0.1, -0.05) is 18.2 Å². The van der Waals surface area contributed by atoms with Crippen LogP contribution in [0.5, 0.6) is 0 Å². The zero-order valence-corrected chi connectivity index (χ0v) is 9.84. The quantitative estimate of drug-likeness (QED) is 0.815. The Morgan fingerprint density at radius 1 is 1.21 bits per heavy atom. The fourth-order valence-corrected chi connectivity index (χ4v) is 1.53. The summed E-state index contributed by atoms with van der Waals surface area (Å²) in [5.41, 5.74) is -0.137. The van der Waals surface area contributed by atoms with E-state index in [9.17, 15) is 19.2 Å².